The van der Waals surface area contributed by atoms with E-state index in [0.29, 0.717) is 0 Å². The normalized spacial score (nSPS) is 13.4. The Morgan fingerprint density at radius 2 is 1.48 bits per heavy atom. The average Bonchev–Trinajstić information content (AvgIpc) is 2.77. The van der Waals surface area contributed by atoms with Crippen molar-refractivity contribution in [1.82, 2.24) is 5.32 Å². The van der Waals surface area contributed by atoms with Crippen LogP contribution in [0.1, 0.15) is 75.7 Å². The summed E-state index contributed by atoms with van der Waals surface area (Å²) in [6, 6.07) is 0.156. The second-order valence-electron chi connectivity index (χ2n) is 8.01. The molecule has 1 unspecified atom stereocenters. The zero-order chi connectivity index (χ0) is 26.6. The quantitative estimate of drug-likeness (QED) is 0.153. The van der Waals surface area contributed by atoms with Crippen LogP contribution < -0.4 is 5.32 Å². The van der Waals surface area contributed by atoms with Gasteiger partial charge >= 0.3 is 0 Å². The molecule has 33 heavy (non-hydrogen) atoms. The largest absolute Gasteiger partial charge is 0.378 e. The predicted octanol–water partition coefficient (Wildman–Crippen LogP) is 9.06. The van der Waals surface area contributed by atoms with Gasteiger partial charge in [-0.05, 0) is 86.5 Å². The van der Waals surface area contributed by atoms with Crippen LogP contribution in [-0.4, -0.2) is 11.8 Å². The summed E-state index contributed by atoms with van der Waals surface area (Å²) in [5, 5.41) is 3.49. The number of rotatable bonds is 10. The third kappa shape index (κ3) is 18.2. The van der Waals surface area contributed by atoms with Crippen LogP contribution in [0.4, 0.5) is 0 Å². The molecule has 0 bridgehead atoms. The van der Waals surface area contributed by atoms with Crippen LogP contribution in [0.15, 0.2) is 100 Å². The summed E-state index contributed by atoms with van der Waals surface area (Å²) in [5.74, 6) is 0. The first kappa shape index (κ1) is 34.6. The van der Waals surface area contributed by atoms with Crippen LogP contribution in [0.25, 0.3) is 0 Å². The van der Waals surface area contributed by atoms with E-state index in [1.54, 1.807) is 6.08 Å². The highest BCUT2D eigenvalue weighted by Gasteiger charge is 2.09. The molecular formula is C31H48N2. The van der Waals surface area contributed by atoms with Crippen molar-refractivity contribution in [2.75, 3.05) is 0 Å². The zero-order valence-electron chi connectivity index (χ0n) is 23.0. The van der Waals surface area contributed by atoms with Crippen molar-refractivity contribution in [3.05, 3.63) is 95.5 Å². The molecule has 182 valence electrons. The van der Waals surface area contributed by atoms with Gasteiger partial charge in [0.15, 0.2) is 0 Å². The fourth-order valence-corrected chi connectivity index (χ4v) is 2.34. The maximum Gasteiger partial charge on any atom is 0.0857 e. The summed E-state index contributed by atoms with van der Waals surface area (Å²) >= 11 is 0. The number of nitrogens with one attached hydrogen (secondary N) is 1. The molecule has 0 heterocycles. The topological polar surface area (TPSA) is 24.4 Å². The van der Waals surface area contributed by atoms with Crippen LogP contribution in [0, 0.1) is 12.8 Å². The van der Waals surface area contributed by atoms with Crippen molar-refractivity contribution >= 4 is 5.71 Å². The van der Waals surface area contributed by atoms with Crippen molar-refractivity contribution in [2.45, 2.75) is 81.7 Å². The van der Waals surface area contributed by atoms with E-state index in [9.17, 15) is 0 Å². The summed E-state index contributed by atoms with van der Waals surface area (Å²) in [6.45, 7) is 32.3. The Labute approximate surface area is 206 Å². The van der Waals surface area contributed by atoms with Crippen molar-refractivity contribution in [2.24, 2.45) is 4.99 Å². The van der Waals surface area contributed by atoms with Gasteiger partial charge in [0, 0.05) is 11.7 Å². The number of allylic oxidation sites excluding steroid dienone is 11. The van der Waals surface area contributed by atoms with Gasteiger partial charge in [-0.25, -0.2) is 0 Å². The summed E-state index contributed by atoms with van der Waals surface area (Å²) in [6.07, 6.45) is 21.2. The maximum absolute atomic E-state index is 4.78. The smallest absolute Gasteiger partial charge is 0.0857 e. The number of hydrogen-bond donors (Lipinski definition) is 1. The van der Waals surface area contributed by atoms with Gasteiger partial charge in [-0.15, -0.1) is 19.4 Å². The van der Waals surface area contributed by atoms with E-state index in [2.05, 4.69) is 117 Å². The Kier molecular flexibility index (Phi) is 21.8. The lowest BCUT2D eigenvalue weighted by molar-refractivity contribution is 0.713. The van der Waals surface area contributed by atoms with Crippen LogP contribution >= 0.6 is 0 Å². The van der Waals surface area contributed by atoms with Crippen molar-refractivity contribution < 1.29 is 0 Å². The molecule has 0 aliphatic rings. The first-order chi connectivity index (χ1) is 15.4. The molecule has 2 nitrogen and oxygen atoms in total. The minimum absolute atomic E-state index is 0.156. The molecule has 0 fully saturated rings. The van der Waals surface area contributed by atoms with Crippen LogP contribution in [0.2, 0.25) is 0 Å². The molecule has 2 heteroatoms. The summed E-state index contributed by atoms with van der Waals surface area (Å²) in [5.41, 5.74) is 8.66. The monoisotopic (exact) mass is 448 g/mol. The fourth-order valence-electron chi connectivity index (χ4n) is 2.34. The summed E-state index contributed by atoms with van der Waals surface area (Å²) in [7, 11) is 0. The second-order valence-corrected chi connectivity index (χ2v) is 8.01. The number of hydrogen-bond acceptors (Lipinski definition) is 2. The van der Waals surface area contributed by atoms with Crippen molar-refractivity contribution in [3.8, 4) is 12.8 Å². The molecule has 0 rings (SSSR count). The van der Waals surface area contributed by atoms with E-state index in [1.165, 1.54) is 27.9 Å². The molecule has 0 saturated carbocycles. The number of nitrogens with zero attached hydrogens (tertiary/aromatic N) is 1. The predicted molar refractivity (Wildman–Crippen MR) is 154 cm³/mol. The molecule has 0 aromatic carbocycles. The van der Waals surface area contributed by atoms with Crippen LogP contribution in [-0.2, 0) is 0 Å². The molecule has 1 atom stereocenters. The number of aliphatic imine (C=N–C) groups is 1. The van der Waals surface area contributed by atoms with Crippen molar-refractivity contribution in [1.29, 1.82) is 0 Å². The standard InChI is InChI=1S/C26H40N2.C3H6.C2H2/c1-12-19(5)17-23(9)27-26(16-18(3)4)25(11)28-24(10)22(8)15-14-21(7)20(6)13-2;1-3-2;1-2/h12,14-17,24,28H,6,11,13H2,1-5,7-10H3;3H,1H2,2H3;1-2H/b19-12-,21-14+,22-15+,23-17+,27-26?;;. The Hall–Kier alpha value is -3.05. The third-order valence-corrected chi connectivity index (χ3v) is 4.58. The van der Waals surface area contributed by atoms with Gasteiger partial charge in [0.05, 0.1) is 11.4 Å². The van der Waals surface area contributed by atoms with Gasteiger partial charge < -0.3 is 5.32 Å². The molecule has 0 aliphatic carbocycles. The van der Waals surface area contributed by atoms with Gasteiger partial charge in [-0.1, -0.05) is 66.7 Å². The Balaban J connectivity index is -0.00000165. The highest BCUT2D eigenvalue weighted by molar-refractivity contribution is 6.08. The Morgan fingerprint density at radius 1 is 0.970 bits per heavy atom. The lowest BCUT2D eigenvalue weighted by Gasteiger charge is -2.18. The van der Waals surface area contributed by atoms with Crippen molar-refractivity contribution in [3.63, 3.8) is 0 Å². The van der Waals surface area contributed by atoms with E-state index in [1.807, 2.05) is 20.8 Å². The molecule has 0 aliphatic heterocycles. The van der Waals surface area contributed by atoms with E-state index in [0.717, 1.165) is 23.5 Å². The first-order valence-electron chi connectivity index (χ1n) is 11.4. The third-order valence-electron chi connectivity index (χ3n) is 4.58. The molecular weight excluding hydrogens is 400 g/mol. The molecule has 0 aromatic rings. The molecule has 0 radical (unpaired) electrons. The van der Waals surface area contributed by atoms with Gasteiger partial charge in [0.2, 0.25) is 0 Å². The van der Waals surface area contributed by atoms with Gasteiger partial charge in [0.25, 0.3) is 0 Å². The second kappa shape index (κ2) is 20.8. The molecule has 0 saturated heterocycles. The lowest BCUT2D eigenvalue weighted by atomic mass is 10.0. The fraction of sp³-hybridized carbons (Fsp3) is 0.387. The molecule has 0 amide bonds. The zero-order valence-corrected chi connectivity index (χ0v) is 23.0. The van der Waals surface area contributed by atoms with Gasteiger partial charge in [-0.2, -0.15) is 0 Å². The Bertz CT molecular complexity index is 829. The van der Waals surface area contributed by atoms with Gasteiger partial charge in [-0.3, -0.25) is 4.99 Å². The SMILES string of the molecule is C#C.C=C(NC(C)/C(C)=C/C=C(\C)C(=C)CC)C(C=C(C)C)=N/C(C)=C/C(C)=C\C.C=CC. The number of terminal acetylenes is 1. The molecule has 1 N–H and O–H groups in total. The Morgan fingerprint density at radius 3 is 1.91 bits per heavy atom. The van der Waals surface area contributed by atoms with E-state index in [-0.39, 0.29) is 6.04 Å². The van der Waals surface area contributed by atoms with Crippen LogP contribution in [0.3, 0.4) is 0 Å². The highest BCUT2D eigenvalue weighted by Crippen LogP contribution is 2.13. The summed E-state index contributed by atoms with van der Waals surface area (Å²) in [4.78, 5) is 4.78. The average molecular weight is 449 g/mol. The minimum Gasteiger partial charge on any atom is -0.378 e. The summed E-state index contributed by atoms with van der Waals surface area (Å²) < 4.78 is 0. The van der Waals surface area contributed by atoms with Gasteiger partial charge in [0.1, 0.15) is 0 Å². The minimum atomic E-state index is 0.156. The highest BCUT2D eigenvalue weighted by atomic mass is 14.9. The molecule has 0 aromatic heterocycles. The first-order valence-corrected chi connectivity index (χ1v) is 11.4. The van der Waals surface area contributed by atoms with Crippen LogP contribution in [0.5, 0.6) is 0 Å². The molecule has 0 spiro atoms. The van der Waals surface area contributed by atoms with E-state index < -0.39 is 0 Å². The lowest BCUT2D eigenvalue weighted by Crippen LogP contribution is -2.29. The van der Waals surface area contributed by atoms with E-state index in [4.69, 9.17) is 4.99 Å². The van der Waals surface area contributed by atoms with E-state index >= 15 is 0 Å². The maximum atomic E-state index is 4.78.